The minimum Gasteiger partial charge on any atom is -0.382 e. The average molecular weight is 260 g/mol. The van der Waals surface area contributed by atoms with Gasteiger partial charge in [0.1, 0.15) is 0 Å². The Hall–Kier alpha value is -1.51. The largest absolute Gasteiger partial charge is 0.382 e. The second-order valence-electron chi connectivity index (χ2n) is 5.66. The molecule has 3 nitrogen and oxygen atoms in total. The second-order valence-corrected chi connectivity index (χ2v) is 5.66. The van der Waals surface area contributed by atoms with Gasteiger partial charge in [-0.3, -0.25) is 4.79 Å². The molecule has 0 bridgehead atoms. The fourth-order valence-corrected chi connectivity index (χ4v) is 2.91. The third kappa shape index (κ3) is 3.49. The first-order chi connectivity index (χ1) is 9.10. The summed E-state index contributed by atoms with van der Waals surface area (Å²) in [5, 5.41) is 3.61. The Balaban J connectivity index is 1.98. The number of carbonyl (C=O) groups is 1. The summed E-state index contributed by atoms with van der Waals surface area (Å²) in [5.41, 5.74) is 8.09. The second kappa shape index (κ2) is 6.09. The first kappa shape index (κ1) is 13.9. The lowest BCUT2D eigenvalue weighted by molar-refractivity contribution is 0.1000. The molecule has 0 atom stereocenters. The van der Waals surface area contributed by atoms with Gasteiger partial charge in [0.15, 0.2) is 0 Å². The van der Waals surface area contributed by atoms with Gasteiger partial charge < -0.3 is 11.1 Å². The van der Waals surface area contributed by atoms with Crippen LogP contribution in [-0.2, 0) is 0 Å². The topological polar surface area (TPSA) is 55.1 Å². The molecule has 19 heavy (non-hydrogen) atoms. The zero-order chi connectivity index (χ0) is 13.8. The predicted molar refractivity (Wildman–Crippen MR) is 79.4 cm³/mol. The van der Waals surface area contributed by atoms with Gasteiger partial charge >= 0.3 is 0 Å². The highest BCUT2D eigenvalue weighted by molar-refractivity contribution is 5.93. The summed E-state index contributed by atoms with van der Waals surface area (Å²) in [7, 11) is 0. The Bertz CT molecular complexity index is 448. The normalized spacial score (nSPS) is 23.1. The maximum atomic E-state index is 11.1. The number of hydrogen-bond donors (Lipinski definition) is 2. The van der Waals surface area contributed by atoms with Gasteiger partial charge in [0.2, 0.25) is 5.91 Å². The van der Waals surface area contributed by atoms with Crippen molar-refractivity contribution in [2.45, 2.75) is 52.0 Å². The fourth-order valence-electron chi connectivity index (χ4n) is 2.91. The molecule has 1 aromatic rings. The van der Waals surface area contributed by atoms with Crippen molar-refractivity contribution in [2.24, 2.45) is 11.7 Å². The Morgan fingerprint density at radius 3 is 2.53 bits per heavy atom. The van der Waals surface area contributed by atoms with E-state index in [1.54, 1.807) is 6.07 Å². The molecule has 0 heterocycles. The van der Waals surface area contributed by atoms with Crippen molar-refractivity contribution in [3.63, 3.8) is 0 Å². The average Bonchev–Trinajstić information content (AvgIpc) is 2.41. The van der Waals surface area contributed by atoms with Crippen LogP contribution in [-0.4, -0.2) is 11.9 Å². The van der Waals surface area contributed by atoms with E-state index in [-0.39, 0.29) is 5.91 Å². The molecule has 104 valence electrons. The van der Waals surface area contributed by atoms with E-state index in [0.29, 0.717) is 11.6 Å². The van der Waals surface area contributed by atoms with Crippen LogP contribution < -0.4 is 11.1 Å². The van der Waals surface area contributed by atoms with Gasteiger partial charge in [-0.15, -0.1) is 0 Å². The van der Waals surface area contributed by atoms with Gasteiger partial charge in [-0.25, -0.2) is 0 Å². The molecule has 1 aliphatic rings. The third-order valence-electron chi connectivity index (χ3n) is 4.29. The maximum Gasteiger partial charge on any atom is 0.248 e. The summed E-state index contributed by atoms with van der Waals surface area (Å²) in [4.78, 5) is 11.1. The van der Waals surface area contributed by atoms with Crippen molar-refractivity contribution >= 4 is 11.6 Å². The number of rotatable bonds is 4. The van der Waals surface area contributed by atoms with E-state index < -0.39 is 0 Å². The number of anilines is 1. The van der Waals surface area contributed by atoms with E-state index in [2.05, 4.69) is 12.2 Å². The van der Waals surface area contributed by atoms with Crippen LogP contribution in [0.3, 0.4) is 0 Å². The van der Waals surface area contributed by atoms with Gasteiger partial charge in [-0.05, 0) is 62.3 Å². The highest BCUT2D eigenvalue weighted by Crippen LogP contribution is 2.29. The van der Waals surface area contributed by atoms with Crippen LogP contribution in [0.5, 0.6) is 0 Å². The standard InChI is InChI=1S/C16H24N2O/c1-3-12-4-7-14(8-5-12)18-15-9-6-13(16(17)19)10-11(15)2/h6,9-10,12,14,18H,3-5,7-8H2,1-2H3,(H2,17,19). The highest BCUT2D eigenvalue weighted by Gasteiger charge is 2.20. The lowest BCUT2D eigenvalue weighted by atomic mass is 9.84. The first-order valence-corrected chi connectivity index (χ1v) is 7.27. The Morgan fingerprint density at radius 1 is 1.32 bits per heavy atom. The minimum absolute atomic E-state index is 0.363. The highest BCUT2D eigenvalue weighted by atomic mass is 16.1. The molecular formula is C16H24N2O. The summed E-state index contributed by atoms with van der Waals surface area (Å²) in [5.74, 6) is 0.550. The van der Waals surface area contributed by atoms with Crippen molar-refractivity contribution in [1.82, 2.24) is 0 Å². The van der Waals surface area contributed by atoms with Crippen LogP contribution in [0, 0.1) is 12.8 Å². The van der Waals surface area contributed by atoms with Crippen LogP contribution in [0.25, 0.3) is 0 Å². The first-order valence-electron chi connectivity index (χ1n) is 7.27. The Kier molecular flexibility index (Phi) is 4.46. The van der Waals surface area contributed by atoms with Crippen LogP contribution in [0.1, 0.15) is 54.9 Å². The molecule has 0 unspecified atom stereocenters. The van der Waals surface area contributed by atoms with Crippen LogP contribution in [0.2, 0.25) is 0 Å². The van der Waals surface area contributed by atoms with Gasteiger partial charge in [0.05, 0.1) is 0 Å². The monoisotopic (exact) mass is 260 g/mol. The number of nitrogens with one attached hydrogen (secondary N) is 1. The van der Waals surface area contributed by atoms with Gasteiger partial charge in [-0.2, -0.15) is 0 Å². The van der Waals surface area contributed by atoms with E-state index in [0.717, 1.165) is 17.2 Å². The summed E-state index contributed by atoms with van der Waals surface area (Å²) < 4.78 is 0. The Morgan fingerprint density at radius 2 is 2.00 bits per heavy atom. The molecule has 0 aromatic heterocycles. The number of hydrogen-bond acceptors (Lipinski definition) is 2. The smallest absolute Gasteiger partial charge is 0.248 e. The molecule has 1 amide bonds. The number of carbonyl (C=O) groups excluding carboxylic acids is 1. The number of nitrogens with two attached hydrogens (primary N) is 1. The lowest BCUT2D eigenvalue weighted by Gasteiger charge is -2.29. The quantitative estimate of drug-likeness (QED) is 0.871. The zero-order valence-electron chi connectivity index (χ0n) is 11.9. The molecule has 1 aliphatic carbocycles. The van der Waals surface area contributed by atoms with Gasteiger partial charge in [0, 0.05) is 17.3 Å². The van der Waals surface area contributed by atoms with Crippen molar-refractivity contribution in [2.75, 3.05) is 5.32 Å². The number of aryl methyl sites for hydroxylation is 1. The summed E-state index contributed by atoms with van der Waals surface area (Å²) in [6.07, 6.45) is 6.45. The minimum atomic E-state index is -0.363. The predicted octanol–water partition coefficient (Wildman–Crippen LogP) is 3.47. The van der Waals surface area contributed by atoms with E-state index >= 15 is 0 Å². The van der Waals surface area contributed by atoms with Crippen LogP contribution in [0.4, 0.5) is 5.69 Å². The van der Waals surface area contributed by atoms with Gasteiger partial charge in [0.25, 0.3) is 0 Å². The van der Waals surface area contributed by atoms with Crippen molar-refractivity contribution < 1.29 is 4.79 Å². The van der Waals surface area contributed by atoms with Crippen LogP contribution >= 0.6 is 0 Å². The maximum absolute atomic E-state index is 11.1. The zero-order valence-corrected chi connectivity index (χ0v) is 11.9. The SMILES string of the molecule is CCC1CCC(Nc2ccc(C(N)=O)cc2C)CC1. The van der Waals surface area contributed by atoms with Gasteiger partial charge in [-0.1, -0.05) is 13.3 Å². The van der Waals surface area contributed by atoms with Crippen molar-refractivity contribution in [3.8, 4) is 0 Å². The van der Waals surface area contributed by atoms with E-state index in [9.17, 15) is 4.79 Å². The Labute approximate surface area is 115 Å². The summed E-state index contributed by atoms with van der Waals surface area (Å²) in [6.45, 7) is 4.30. The molecule has 2 rings (SSSR count). The molecule has 0 saturated heterocycles. The summed E-state index contributed by atoms with van der Waals surface area (Å²) in [6, 6.07) is 6.21. The third-order valence-corrected chi connectivity index (χ3v) is 4.29. The molecule has 0 radical (unpaired) electrons. The molecule has 0 aliphatic heterocycles. The number of primary amides is 1. The van der Waals surface area contributed by atoms with Crippen molar-refractivity contribution in [3.05, 3.63) is 29.3 Å². The molecule has 1 fully saturated rings. The van der Waals surface area contributed by atoms with Crippen LogP contribution in [0.15, 0.2) is 18.2 Å². The van der Waals surface area contributed by atoms with E-state index in [4.69, 9.17) is 5.73 Å². The fraction of sp³-hybridized carbons (Fsp3) is 0.562. The molecule has 3 N–H and O–H groups in total. The number of benzene rings is 1. The lowest BCUT2D eigenvalue weighted by Crippen LogP contribution is -2.26. The van der Waals surface area contributed by atoms with Crippen molar-refractivity contribution in [1.29, 1.82) is 0 Å². The van der Waals surface area contributed by atoms with E-state index in [1.165, 1.54) is 32.1 Å². The molecule has 0 spiro atoms. The molecule has 1 aromatic carbocycles. The molecule has 1 saturated carbocycles. The number of amides is 1. The molecular weight excluding hydrogens is 236 g/mol. The summed E-state index contributed by atoms with van der Waals surface area (Å²) >= 11 is 0. The van der Waals surface area contributed by atoms with E-state index in [1.807, 2.05) is 19.1 Å². The molecule has 3 heteroatoms.